The van der Waals surface area contributed by atoms with E-state index in [1.165, 1.54) is 25.7 Å². The lowest BCUT2D eigenvalue weighted by Gasteiger charge is -2.29. The first-order valence-corrected chi connectivity index (χ1v) is 5.60. The van der Waals surface area contributed by atoms with E-state index in [4.69, 9.17) is 16.3 Å². The Kier molecular flexibility index (Phi) is 4.50. The van der Waals surface area contributed by atoms with Crippen LogP contribution in [0.15, 0.2) is 0 Å². The third kappa shape index (κ3) is 3.12. The van der Waals surface area contributed by atoms with Crippen LogP contribution in [0.3, 0.4) is 0 Å². The number of nitrogens with one attached hydrogen (secondary N) is 1. The van der Waals surface area contributed by atoms with Gasteiger partial charge in [0.05, 0.1) is 6.10 Å². The van der Waals surface area contributed by atoms with Gasteiger partial charge in [0.15, 0.2) is 0 Å². The van der Waals surface area contributed by atoms with Crippen molar-refractivity contribution in [3.8, 4) is 0 Å². The molecule has 0 saturated heterocycles. The van der Waals surface area contributed by atoms with E-state index in [9.17, 15) is 0 Å². The van der Waals surface area contributed by atoms with Gasteiger partial charge in [0, 0.05) is 25.1 Å². The highest BCUT2D eigenvalue weighted by Crippen LogP contribution is 2.30. The number of hydrogen-bond donors (Lipinski definition) is 1. The Bertz CT molecular complexity index is 146. The summed E-state index contributed by atoms with van der Waals surface area (Å²) in [5, 5.41) is 3.54. The van der Waals surface area contributed by atoms with Crippen LogP contribution >= 0.6 is 11.6 Å². The first-order chi connectivity index (χ1) is 6.22. The van der Waals surface area contributed by atoms with Gasteiger partial charge in [-0.25, -0.2) is 0 Å². The predicted octanol–water partition coefficient (Wildman–Crippen LogP) is 2.16. The zero-order chi connectivity index (χ0) is 9.73. The van der Waals surface area contributed by atoms with Gasteiger partial charge < -0.3 is 10.1 Å². The van der Waals surface area contributed by atoms with Crippen molar-refractivity contribution in [2.45, 2.75) is 44.2 Å². The molecule has 1 aliphatic rings. The molecule has 1 aliphatic carbocycles. The maximum Gasteiger partial charge on any atom is 0.0667 e. The van der Waals surface area contributed by atoms with Gasteiger partial charge in [-0.3, -0.25) is 0 Å². The Morgan fingerprint density at radius 3 is 2.54 bits per heavy atom. The lowest BCUT2D eigenvalue weighted by atomic mass is 10.0. The van der Waals surface area contributed by atoms with Crippen LogP contribution in [0.25, 0.3) is 0 Å². The maximum atomic E-state index is 5.99. The monoisotopic (exact) mass is 205 g/mol. The minimum absolute atomic E-state index is 0.203. The molecule has 0 aliphatic heterocycles. The van der Waals surface area contributed by atoms with Crippen molar-refractivity contribution in [2.24, 2.45) is 0 Å². The van der Waals surface area contributed by atoms with E-state index in [1.807, 2.05) is 0 Å². The van der Waals surface area contributed by atoms with E-state index < -0.39 is 0 Å². The van der Waals surface area contributed by atoms with Crippen LogP contribution in [0.4, 0.5) is 0 Å². The molecule has 0 amide bonds. The van der Waals surface area contributed by atoms with E-state index in [0.717, 1.165) is 12.4 Å². The third-order valence-electron chi connectivity index (χ3n) is 2.98. The van der Waals surface area contributed by atoms with E-state index in [1.54, 1.807) is 7.11 Å². The van der Waals surface area contributed by atoms with Gasteiger partial charge in [0.25, 0.3) is 0 Å². The highest BCUT2D eigenvalue weighted by Gasteiger charge is 2.32. The van der Waals surface area contributed by atoms with Crippen LogP contribution in [-0.2, 0) is 4.74 Å². The van der Waals surface area contributed by atoms with Crippen molar-refractivity contribution in [1.29, 1.82) is 0 Å². The minimum atomic E-state index is 0.203. The van der Waals surface area contributed by atoms with Crippen LogP contribution in [0.1, 0.15) is 32.6 Å². The molecule has 2 nitrogen and oxygen atoms in total. The average molecular weight is 206 g/mol. The van der Waals surface area contributed by atoms with Crippen molar-refractivity contribution in [3.63, 3.8) is 0 Å². The summed E-state index contributed by atoms with van der Waals surface area (Å²) < 4.78 is 5.19. The second-order valence-corrected chi connectivity index (χ2v) is 4.32. The summed E-state index contributed by atoms with van der Waals surface area (Å²) in [4.78, 5) is 0. The second kappa shape index (κ2) is 5.18. The number of hydrogen-bond acceptors (Lipinski definition) is 2. The molecule has 0 aromatic carbocycles. The smallest absolute Gasteiger partial charge is 0.0667 e. The molecule has 3 heteroatoms. The molecular weight excluding hydrogens is 186 g/mol. The fourth-order valence-corrected chi connectivity index (χ4v) is 2.21. The molecule has 1 N–H and O–H groups in total. The first kappa shape index (κ1) is 11.3. The third-order valence-corrected chi connectivity index (χ3v) is 3.49. The summed E-state index contributed by atoms with van der Waals surface area (Å²) in [5.41, 5.74) is 0.203. The number of methoxy groups -OCH3 is 1. The Balaban J connectivity index is 2.31. The van der Waals surface area contributed by atoms with E-state index in [2.05, 4.69) is 12.2 Å². The normalized spacial score (nSPS) is 23.3. The van der Waals surface area contributed by atoms with Crippen molar-refractivity contribution >= 4 is 11.6 Å². The topological polar surface area (TPSA) is 21.3 Å². The zero-order valence-corrected chi connectivity index (χ0v) is 9.36. The van der Waals surface area contributed by atoms with Gasteiger partial charge in [-0.05, 0) is 19.8 Å². The molecule has 1 rings (SSSR count). The molecule has 13 heavy (non-hydrogen) atoms. The van der Waals surface area contributed by atoms with Crippen LogP contribution in [0.2, 0.25) is 0 Å². The highest BCUT2D eigenvalue weighted by atomic mass is 35.5. The quantitative estimate of drug-likeness (QED) is 0.695. The Morgan fingerprint density at radius 1 is 1.46 bits per heavy atom. The summed E-state index contributed by atoms with van der Waals surface area (Å²) in [7, 11) is 1.74. The predicted molar refractivity (Wildman–Crippen MR) is 56.4 cm³/mol. The summed E-state index contributed by atoms with van der Waals surface area (Å²) in [5.74, 6) is 0.726. The molecule has 1 atom stereocenters. The highest BCUT2D eigenvalue weighted by molar-refractivity contribution is 6.18. The van der Waals surface area contributed by atoms with Crippen LogP contribution in [-0.4, -0.2) is 31.2 Å². The lowest BCUT2D eigenvalue weighted by molar-refractivity contribution is 0.108. The fraction of sp³-hybridized carbons (Fsp3) is 1.00. The molecule has 1 fully saturated rings. The van der Waals surface area contributed by atoms with Crippen molar-refractivity contribution in [2.75, 3.05) is 19.5 Å². The Morgan fingerprint density at radius 2 is 2.08 bits per heavy atom. The molecule has 0 bridgehead atoms. The number of ether oxygens (including phenoxy) is 1. The molecule has 0 aromatic heterocycles. The van der Waals surface area contributed by atoms with E-state index in [-0.39, 0.29) is 11.6 Å². The van der Waals surface area contributed by atoms with E-state index in [0.29, 0.717) is 0 Å². The van der Waals surface area contributed by atoms with E-state index >= 15 is 0 Å². The summed E-state index contributed by atoms with van der Waals surface area (Å²) in [6.45, 7) is 2.98. The summed E-state index contributed by atoms with van der Waals surface area (Å²) in [6, 6.07) is 0. The van der Waals surface area contributed by atoms with Gasteiger partial charge in [-0.15, -0.1) is 11.6 Å². The molecule has 0 heterocycles. The number of halogens is 1. The van der Waals surface area contributed by atoms with Crippen molar-refractivity contribution in [1.82, 2.24) is 5.32 Å². The molecule has 1 unspecified atom stereocenters. The van der Waals surface area contributed by atoms with Crippen LogP contribution in [0.5, 0.6) is 0 Å². The fourth-order valence-electron chi connectivity index (χ4n) is 1.85. The summed E-state index contributed by atoms with van der Waals surface area (Å²) >= 11 is 5.99. The molecular formula is C10H20ClNO. The SMILES string of the molecule is COC(C)CNC1(CCl)CCCC1. The number of rotatable bonds is 5. The molecule has 1 saturated carbocycles. The van der Waals surface area contributed by atoms with Crippen LogP contribution < -0.4 is 5.32 Å². The van der Waals surface area contributed by atoms with Crippen molar-refractivity contribution in [3.05, 3.63) is 0 Å². The van der Waals surface area contributed by atoms with Gasteiger partial charge in [-0.1, -0.05) is 12.8 Å². The first-order valence-electron chi connectivity index (χ1n) is 5.06. The van der Waals surface area contributed by atoms with Gasteiger partial charge in [-0.2, -0.15) is 0 Å². The molecule has 78 valence electrons. The maximum absolute atomic E-state index is 5.99. The Hall–Kier alpha value is 0.210. The van der Waals surface area contributed by atoms with Crippen LogP contribution in [0, 0.1) is 0 Å². The molecule has 0 spiro atoms. The number of alkyl halides is 1. The molecule has 0 aromatic rings. The van der Waals surface area contributed by atoms with Gasteiger partial charge in [0.2, 0.25) is 0 Å². The molecule has 0 radical (unpaired) electrons. The zero-order valence-electron chi connectivity index (χ0n) is 8.61. The second-order valence-electron chi connectivity index (χ2n) is 4.05. The lowest BCUT2D eigenvalue weighted by Crippen LogP contribution is -2.47. The standard InChI is InChI=1S/C10H20ClNO/c1-9(13-2)7-12-10(8-11)5-3-4-6-10/h9,12H,3-8H2,1-2H3. The van der Waals surface area contributed by atoms with Crippen molar-refractivity contribution < 1.29 is 4.74 Å². The summed E-state index contributed by atoms with van der Waals surface area (Å²) in [6.07, 6.45) is 5.32. The average Bonchev–Trinajstić information content (AvgIpc) is 2.63. The largest absolute Gasteiger partial charge is 0.380 e. The van der Waals surface area contributed by atoms with Gasteiger partial charge in [0.1, 0.15) is 0 Å². The van der Waals surface area contributed by atoms with Gasteiger partial charge >= 0.3 is 0 Å². The Labute approximate surface area is 86.0 Å². The minimum Gasteiger partial charge on any atom is -0.380 e.